The molecule has 0 aromatic rings. The Balaban J connectivity index is 2.28. The van der Waals surface area contributed by atoms with Crippen molar-refractivity contribution in [1.29, 1.82) is 0 Å². The monoisotopic (exact) mass is 272 g/mol. The molecule has 4 N–H and O–H groups in total. The molecule has 1 saturated carbocycles. The number of aliphatic hydroxyl groups is 1. The van der Waals surface area contributed by atoms with Crippen molar-refractivity contribution in [2.24, 2.45) is 5.92 Å². The highest BCUT2D eigenvalue weighted by Gasteiger charge is 2.24. The third-order valence-electron chi connectivity index (χ3n) is 3.66. The van der Waals surface area contributed by atoms with Crippen LogP contribution in [0.3, 0.4) is 0 Å². The van der Waals surface area contributed by atoms with E-state index in [1.807, 2.05) is 0 Å². The molecule has 0 heterocycles. The number of carboxylic acids is 1. The predicted molar refractivity (Wildman–Crippen MR) is 70.8 cm³/mol. The molecule has 1 rings (SSSR count). The van der Waals surface area contributed by atoms with Gasteiger partial charge < -0.3 is 20.8 Å². The van der Waals surface area contributed by atoms with E-state index in [1.165, 1.54) is 12.8 Å². The quantitative estimate of drug-likeness (QED) is 0.581. The fourth-order valence-electron chi connectivity index (χ4n) is 2.57. The molecule has 0 bridgehead atoms. The first kappa shape index (κ1) is 15.8. The van der Waals surface area contributed by atoms with Crippen molar-refractivity contribution in [3.8, 4) is 0 Å². The van der Waals surface area contributed by atoms with Crippen LogP contribution >= 0.6 is 0 Å². The van der Waals surface area contributed by atoms with Crippen LogP contribution < -0.4 is 10.6 Å². The van der Waals surface area contributed by atoms with Crippen molar-refractivity contribution in [2.45, 2.75) is 57.5 Å². The van der Waals surface area contributed by atoms with E-state index in [2.05, 4.69) is 17.6 Å². The Bertz CT molecular complexity index is 301. The van der Waals surface area contributed by atoms with Gasteiger partial charge in [-0.3, -0.25) is 0 Å². The Morgan fingerprint density at radius 3 is 2.37 bits per heavy atom. The van der Waals surface area contributed by atoms with Gasteiger partial charge in [-0.15, -0.1) is 0 Å². The van der Waals surface area contributed by atoms with Gasteiger partial charge in [-0.25, -0.2) is 9.59 Å². The summed E-state index contributed by atoms with van der Waals surface area (Å²) >= 11 is 0. The molecule has 1 unspecified atom stereocenters. The van der Waals surface area contributed by atoms with Crippen LogP contribution in [0.1, 0.15) is 45.4 Å². The zero-order valence-electron chi connectivity index (χ0n) is 11.4. The highest BCUT2D eigenvalue weighted by molar-refractivity contribution is 5.82. The smallest absolute Gasteiger partial charge is 0.328 e. The minimum absolute atomic E-state index is 0.112. The minimum atomic E-state index is -1.24. The minimum Gasteiger partial charge on any atom is -0.480 e. The summed E-state index contributed by atoms with van der Waals surface area (Å²) in [6.45, 7) is 1.57. The van der Waals surface area contributed by atoms with E-state index in [0.29, 0.717) is 0 Å². The van der Waals surface area contributed by atoms with Crippen LogP contribution in [0, 0.1) is 5.92 Å². The highest BCUT2D eigenvalue weighted by Crippen LogP contribution is 2.27. The summed E-state index contributed by atoms with van der Waals surface area (Å²) in [5.41, 5.74) is 0. The van der Waals surface area contributed by atoms with Crippen LogP contribution in [0.2, 0.25) is 0 Å². The van der Waals surface area contributed by atoms with Crippen molar-refractivity contribution in [2.75, 3.05) is 6.61 Å². The lowest BCUT2D eigenvalue weighted by Gasteiger charge is -2.29. The average molecular weight is 272 g/mol. The molecule has 6 heteroatoms. The molecule has 0 aromatic heterocycles. The number of nitrogens with one attached hydrogen (secondary N) is 2. The third-order valence-corrected chi connectivity index (χ3v) is 3.66. The van der Waals surface area contributed by atoms with Crippen LogP contribution in [0.5, 0.6) is 0 Å². The molecular formula is C13H24N2O4. The summed E-state index contributed by atoms with van der Waals surface area (Å²) < 4.78 is 0. The number of urea groups is 1. The number of aliphatic hydroxyl groups excluding tert-OH is 1. The normalized spacial score (nSPS) is 24.5. The Morgan fingerprint density at radius 1 is 1.26 bits per heavy atom. The van der Waals surface area contributed by atoms with Crippen molar-refractivity contribution >= 4 is 12.0 Å². The van der Waals surface area contributed by atoms with E-state index in [1.54, 1.807) is 0 Å². The number of carboxylic acid groups (broad SMARTS) is 1. The average Bonchev–Trinajstić information content (AvgIpc) is 2.38. The molecule has 1 aliphatic rings. The summed E-state index contributed by atoms with van der Waals surface area (Å²) in [5, 5.41) is 22.6. The maximum absolute atomic E-state index is 11.6. The summed E-state index contributed by atoms with van der Waals surface area (Å²) in [7, 11) is 0. The third kappa shape index (κ3) is 5.46. The maximum Gasteiger partial charge on any atom is 0.328 e. The molecule has 0 aromatic carbocycles. The first-order chi connectivity index (χ1) is 9.06. The second kappa shape index (κ2) is 7.99. The SMILES string of the molecule is CCCC1CCC(NC(=O)NC(CO)C(=O)O)CC1. The van der Waals surface area contributed by atoms with Crippen molar-refractivity contribution in [3.63, 3.8) is 0 Å². The number of amides is 2. The topological polar surface area (TPSA) is 98.7 Å². The van der Waals surface area contributed by atoms with Gasteiger partial charge in [-0.2, -0.15) is 0 Å². The van der Waals surface area contributed by atoms with Crippen LogP contribution in [-0.2, 0) is 4.79 Å². The molecule has 1 fully saturated rings. The molecule has 6 nitrogen and oxygen atoms in total. The molecule has 0 saturated heterocycles. The fourth-order valence-corrected chi connectivity index (χ4v) is 2.57. The van der Waals surface area contributed by atoms with Crippen molar-refractivity contribution in [1.82, 2.24) is 10.6 Å². The van der Waals surface area contributed by atoms with E-state index in [0.717, 1.165) is 31.6 Å². The number of aliphatic carboxylic acids is 1. The van der Waals surface area contributed by atoms with Crippen LogP contribution in [-0.4, -0.2) is 40.9 Å². The Morgan fingerprint density at radius 2 is 1.89 bits per heavy atom. The first-order valence-corrected chi connectivity index (χ1v) is 6.97. The van der Waals surface area contributed by atoms with E-state index in [4.69, 9.17) is 10.2 Å². The van der Waals surface area contributed by atoms with Gasteiger partial charge in [0.05, 0.1) is 6.61 Å². The Labute approximate surface area is 113 Å². The van der Waals surface area contributed by atoms with Gasteiger partial charge in [0.15, 0.2) is 6.04 Å². The predicted octanol–water partition coefficient (Wildman–Crippen LogP) is 1.09. The number of hydrogen-bond acceptors (Lipinski definition) is 3. The van der Waals surface area contributed by atoms with Crippen LogP contribution in [0.15, 0.2) is 0 Å². The molecule has 2 amide bonds. The molecule has 1 aliphatic carbocycles. The lowest BCUT2D eigenvalue weighted by Crippen LogP contribution is -2.51. The van der Waals surface area contributed by atoms with Gasteiger partial charge in [0.25, 0.3) is 0 Å². The highest BCUT2D eigenvalue weighted by atomic mass is 16.4. The van der Waals surface area contributed by atoms with Crippen molar-refractivity contribution in [3.05, 3.63) is 0 Å². The summed E-state index contributed by atoms with van der Waals surface area (Å²) in [5.74, 6) is -0.473. The van der Waals surface area contributed by atoms with E-state index in [9.17, 15) is 9.59 Å². The van der Waals surface area contributed by atoms with Gasteiger partial charge in [0, 0.05) is 6.04 Å². The van der Waals surface area contributed by atoms with E-state index >= 15 is 0 Å². The molecule has 110 valence electrons. The molecule has 0 radical (unpaired) electrons. The molecule has 1 atom stereocenters. The summed E-state index contributed by atoms with van der Waals surface area (Å²) in [6.07, 6.45) is 6.54. The zero-order valence-corrected chi connectivity index (χ0v) is 11.4. The molecular weight excluding hydrogens is 248 g/mol. The van der Waals surface area contributed by atoms with Crippen LogP contribution in [0.4, 0.5) is 4.79 Å². The standard InChI is InChI=1S/C13H24N2O4/c1-2-3-9-4-6-10(7-5-9)14-13(19)15-11(8-16)12(17)18/h9-11,16H,2-8H2,1H3,(H,17,18)(H2,14,15,19). The molecule has 0 aliphatic heterocycles. The van der Waals surface area contributed by atoms with E-state index < -0.39 is 24.6 Å². The molecule has 19 heavy (non-hydrogen) atoms. The van der Waals surface area contributed by atoms with Crippen LogP contribution in [0.25, 0.3) is 0 Å². The Hall–Kier alpha value is -1.30. The van der Waals surface area contributed by atoms with Gasteiger partial charge >= 0.3 is 12.0 Å². The van der Waals surface area contributed by atoms with Crippen molar-refractivity contribution < 1.29 is 19.8 Å². The number of carbonyl (C=O) groups excluding carboxylic acids is 1. The second-order valence-electron chi connectivity index (χ2n) is 5.20. The fraction of sp³-hybridized carbons (Fsp3) is 0.846. The Kier molecular flexibility index (Phi) is 6.62. The zero-order chi connectivity index (χ0) is 14.3. The molecule has 0 spiro atoms. The summed E-state index contributed by atoms with van der Waals surface area (Å²) in [4.78, 5) is 22.3. The van der Waals surface area contributed by atoms with Gasteiger partial charge in [0.1, 0.15) is 0 Å². The maximum atomic E-state index is 11.6. The van der Waals surface area contributed by atoms with E-state index in [-0.39, 0.29) is 6.04 Å². The largest absolute Gasteiger partial charge is 0.480 e. The number of carbonyl (C=O) groups is 2. The van der Waals surface area contributed by atoms with Gasteiger partial charge in [-0.1, -0.05) is 19.8 Å². The lowest BCUT2D eigenvalue weighted by molar-refractivity contribution is -0.140. The lowest BCUT2D eigenvalue weighted by atomic mass is 9.83. The van der Waals surface area contributed by atoms with Gasteiger partial charge in [0.2, 0.25) is 0 Å². The van der Waals surface area contributed by atoms with Gasteiger partial charge in [-0.05, 0) is 31.6 Å². The second-order valence-corrected chi connectivity index (χ2v) is 5.20. The number of hydrogen-bond donors (Lipinski definition) is 4. The first-order valence-electron chi connectivity index (χ1n) is 6.97. The summed E-state index contributed by atoms with van der Waals surface area (Å²) in [6, 6.07) is -1.64. The number of rotatable bonds is 6.